The Morgan fingerprint density at radius 2 is 2.17 bits per heavy atom. The maximum Gasteiger partial charge on any atom is 0.416 e. The van der Waals surface area contributed by atoms with Gasteiger partial charge in [0.1, 0.15) is 5.69 Å². The first-order valence-corrected chi connectivity index (χ1v) is 7.40. The number of aryl methyl sites for hydroxylation is 1. The first-order chi connectivity index (χ1) is 10.8. The summed E-state index contributed by atoms with van der Waals surface area (Å²) >= 11 is 5.95. The number of nitrogens with one attached hydrogen (secondary N) is 1. The Morgan fingerprint density at radius 1 is 1.43 bits per heavy atom. The van der Waals surface area contributed by atoms with Crippen LogP contribution in [0.2, 0.25) is 5.02 Å². The van der Waals surface area contributed by atoms with E-state index in [4.69, 9.17) is 16.3 Å². The molecule has 1 saturated heterocycles. The maximum absolute atomic E-state index is 12.8. The maximum atomic E-state index is 12.8. The van der Waals surface area contributed by atoms with Crippen LogP contribution in [-0.2, 0) is 4.74 Å². The highest BCUT2D eigenvalue weighted by molar-refractivity contribution is 6.31. The third-order valence-electron chi connectivity index (χ3n) is 3.95. The number of hydrogen-bond acceptors (Lipinski definition) is 2. The van der Waals surface area contributed by atoms with Gasteiger partial charge in [-0.3, -0.25) is 4.79 Å². The van der Waals surface area contributed by atoms with Crippen molar-refractivity contribution in [3.05, 3.63) is 34.5 Å². The second-order valence-corrected chi connectivity index (χ2v) is 5.90. The molecule has 1 amide bonds. The van der Waals surface area contributed by atoms with E-state index in [9.17, 15) is 18.0 Å². The van der Waals surface area contributed by atoms with Crippen LogP contribution in [0.25, 0.3) is 10.9 Å². The van der Waals surface area contributed by atoms with Crippen LogP contribution < -0.4 is 0 Å². The molecule has 2 aromatic rings. The van der Waals surface area contributed by atoms with Gasteiger partial charge in [-0.15, -0.1) is 0 Å². The van der Waals surface area contributed by atoms with Crippen LogP contribution in [0.4, 0.5) is 13.2 Å². The zero-order chi connectivity index (χ0) is 16.8. The molecule has 4 nitrogen and oxygen atoms in total. The molecule has 1 unspecified atom stereocenters. The van der Waals surface area contributed by atoms with E-state index in [1.807, 2.05) is 0 Å². The van der Waals surface area contributed by atoms with Crippen LogP contribution in [0.1, 0.15) is 16.1 Å². The standard InChI is InChI=1S/C15H14ClF3N2O2/c1-8-10-6-9(16)2-3-11(10)20-13(8)14(22)21-4-5-23-12(7-21)15(17,18)19/h2-3,6,12,20H,4-5,7H2,1H3. The zero-order valence-electron chi connectivity index (χ0n) is 12.2. The van der Waals surface area contributed by atoms with Gasteiger partial charge >= 0.3 is 6.18 Å². The third-order valence-corrected chi connectivity index (χ3v) is 4.19. The molecular weight excluding hydrogens is 333 g/mol. The highest BCUT2D eigenvalue weighted by Gasteiger charge is 2.44. The van der Waals surface area contributed by atoms with E-state index in [-0.39, 0.29) is 18.8 Å². The van der Waals surface area contributed by atoms with Crippen molar-refractivity contribution in [2.75, 3.05) is 19.7 Å². The first kappa shape index (κ1) is 16.1. The predicted molar refractivity (Wildman–Crippen MR) is 79.7 cm³/mol. The van der Waals surface area contributed by atoms with Crippen molar-refractivity contribution in [2.45, 2.75) is 19.2 Å². The number of hydrogen-bond donors (Lipinski definition) is 1. The molecule has 3 rings (SSSR count). The summed E-state index contributed by atoms with van der Waals surface area (Å²) in [4.78, 5) is 16.7. The Hall–Kier alpha value is -1.73. The molecule has 0 radical (unpaired) electrons. The minimum Gasteiger partial charge on any atom is -0.365 e. The molecule has 124 valence electrons. The van der Waals surface area contributed by atoms with E-state index in [1.165, 1.54) is 4.90 Å². The number of alkyl halides is 3. The lowest BCUT2D eigenvalue weighted by Gasteiger charge is -2.33. The van der Waals surface area contributed by atoms with Crippen molar-refractivity contribution in [1.82, 2.24) is 9.88 Å². The molecule has 2 heterocycles. The molecule has 1 aromatic heterocycles. The molecule has 1 aromatic carbocycles. The Kier molecular flexibility index (Phi) is 4.01. The molecule has 1 aliphatic heterocycles. The molecule has 0 spiro atoms. The summed E-state index contributed by atoms with van der Waals surface area (Å²) in [5.41, 5.74) is 1.67. The number of ether oxygens (including phenoxy) is 1. The fourth-order valence-electron chi connectivity index (χ4n) is 2.70. The van der Waals surface area contributed by atoms with Gasteiger partial charge in [0.05, 0.1) is 13.2 Å². The van der Waals surface area contributed by atoms with Gasteiger partial charge in [-0.05, 0) is 30.7 Å². The monoisotopic (exact) mass is 346 g/mol. The van der Waals surface area contributed by atoms with E-state index in [0.717, 1.165) is 10.9 Å². The van der Waals surface area contributed by atoms with Gasteiger partial charge in [-0.2, -0.15) is 13.2 Å². The average molecular weight is 347 g/mol. The highest BCUT2D eigenvalue weighted by Crippen LogP contribution is 2.28. The summed E-state index contributed by atoms with van der Waals surface area (Å²) < 4.78 is 43.1. The topological polar surface area (TPSA) is 45.3 Å². The Labute approximate surface area is 135 Å². The van der Waals surface area contributed by atoms with Crippen molar-refractivity contribution in [3.63, 3.8) is 0 Å². The average Bonchev–Trinajstić information content (AvgIpc) is 2.83. The second kappa shape index (κ2) is 5.72. The number of fused-ring (bicyclic) bond motifs is 1. The number of rotatable bonds is 1. The van der Waals surface area contributed by atoms with E-state index < -0.39 is 24.7 Å². The molecule has 0 aliphatic carbocycles. The SMILES string of the molecule is Cc1c(C(=O)N2CCOC(C(F)(F)F)C2)[nH]c2ccc(Cl)cc12. The van der Waals surface area contributed by atoms with E-state index >= 15 is 0 Å². The van der Waals surface area contributed by atoms with Gasteiger partial charge in [-0.1, -0.05) is 11.6 Å². The summed E-state index contributed by atoms with van der Waals surface area (Å²) in [7, 11) is 0. The molecule has 1 N–H and O–H groups in total. The van der Waals surface area contributed by atoms with Gasteiger partial charge in [-0.25, -0.2) is 0 Å². The number of aromatic amines is 1. The van der Waals surface area contributed by atoms with Crippen molar-refractivity contribution >= 4 is 28.4 Å². The van der Waals surface area contributed by atoms with Crippen LogP contribution in [-0.4, -0.2) is 47.8 Å². The van der Waals surface area contributed by atoms with Gasteiger partial charge in [0.2, 0.25) is 0 Å². The number of benzene rings is 1. The van der Waals surface area contributed by atoms with Crippen molar-refractivity contribution < 1.29 is 22.7 Å². The number of morpholine rings is 1. The molecule has 1 aliphatic rings. The fourth-order valence-corrected chi connectivity index (χ4v) is 2.87. The first-order valence-electron chi connectivity index (χ1n) is 7.03. The van der Waals surface area contributed by atoms with Crippen LogP contribution in [0.15, 0.2) is 18.2 Å². The molecular formula is C15H14ClF3N2O2. The number of nitrogens with zero attached hydrogens (tertiary/aromatic N) is 1. The fraction of sp³-hybridized carbons (Fsp3) is 0.400. The number of aromatic nitrogens is 1. The zero-order valence-corrected chi connectivity index (χ0v) is 13.0. The molecule has 1 atom stereocenters. The smallest absolute Gasteiger partial charge is 0.365 e. The van der Waals surface area contributed by atoms with E-state index in [0.29, 0.717) is 10.6 Å². The molecule has 0 bridgehead atoms. The van der Waals surface area contributed by atoms with Crippen molar-refractivity contribution in [2.24, 2.45) is 0 Å². The quantitative estimate of drug-likeness (QED) is 0.858. The van der Waals surface area contributed by atoms with Gasteiger partial charge in [0, 0.05) is 22.5 Å². The number of amides is 1. The van der Waals surface area contributed by atoms with Crippen molar-refractivity contribution in [3.8, 4) is 0 Å². The minimum absolute atomic E-state index is 0.126. The van der Waals surface area contributed by atoms with Crippen LogP contribution in [0.5, 0.6) is 0 Å². The van der Waals surface area contributed by atoms with Crippen LogP contribution in [0.3, 0.4) is 0 Å². The Morgan fingerprint density at radius 3 is 2.87 bits per heavy atom. The van der Waals surface area contributed by atoms with Crippen molar-refractivity contribution in [1.29, 1.82) is 0 Å². The summed E-state index contributed by atoms with van der Waals surface area (Å²) in [5, 5.41) is 1.31. The summed E-state index contributed by atoms with van der Waals surface area (Å²) in [6, 6.07) is 5.14. The number of halogens is 4. The van der Waals surface area contributed by atoms with Gasteiger partial charge < -0.3 is 14.6 Å². The predicted octanol–water partition coefficient (Wildman–Crippen LogP) is 3.53. The normalized spacial score (nSPS) is 19.3. The lowest BCUT2D eigenvalue weighted by atomic mass is 10.1. The van der Waals surface area contributed by atoms with E-state index in [2.05, 4.69) is 4.98 Å². The number of carbonyl (C=O) groups excluding carboxylic acids is 1. The highest BCUT2D eigenvalue weighted by atomic mass is 35.5. The minimum atomic E-state index is -4.48. The third kappa shape index (κ3) is 3.03. The lowest BCUT2D eigenvalue weighted by Crippen LogP contribution is -2.51. The van der Waals surface area contributed by atoms with Crippen LogP contribution >= 0.6 is 11.6 Å². The number of carbonyl (C=O) groups is 1. The lowest BCUT2D eigenvalue weighted by molar-refractivity contribution is -0.233. The largest absolute Gasteiger partial charge is 0.416 e. The number of H-pyrrole nitrogens is 1. The molecule has 23 heavy (non-hydrogen) atoms. The molecule has 0 saturated carbocycles. The summed E-state index contributed by atoms with van der Waals surface area (Å²) in [6.45, 7) is 1.23. The van der Waals surface area contributed by atoms with Gasteiger partial charge in [0.15, 0.2) is 6.10 Å². The van der Waals surface area contributed by atoms with Crippen LogP contribution in [0, 0.1) is 6.92 Å². The molecule has 8 heteroatoms. The summed E-state index contributed by atoms with van der Waals surface area (Å²) in [5.74, 6) is -0.465. The van der Waals surface area contributed by atoms with E-state index in [1.54, 1.807) is 25.1 Å². The molecule has 1 fully saturated rings. The second-order valence-electron chi connectivity index (χ2n) is 5.47. The Bertz CT molecular complexity index is 757. The summed E-state index contributed by atoms with van der Waals surface area (Å²) in [6.07, 6.45) is -6.43. The Balaban J connectivity index is 1.90. The van der Waals surface area contributed by atoms with Gasteiger partial charge in [0.25, 0.3) is 5.91 Å².